The van der Waals surface area contributed by atoms with E-state index in [-0.39, 0.29) is 18.0 Å². The molecular formula is C20H40O2. The van der Waals surface area contributed by atoms with E-state index in [0.29, 0.717) is 0 Å². The predicted molar refractivity (Wildman–Crippen MR) is 96.1 cm³/mol. The summed E-state index contributed by atoms with van der Waals surface area (Å²) in [4.78, 5) is 12.3. The summed E-state index contributed by atoms with van der Waals surface area (Å²) in [5.74, 6) is 0.191. The van der Waals surface area contributed by atoms with Crippen LogP contribution in [0.3, 0.4) is 0 Å². The second kappa shape index (κ2) is 15.4. The summed E-state index contributed by atoms with van der Waals surface area (Å²) in [5.41, 5.74) is 0. The molecule has 2 heteroatoms. The van der Waals surface area contributed by atoms with Crippen LogP contribution < -0.4 is 0 Å². The lowest BCUT2D eigenvalue weighted by Crippen LogP contribution is -2.22. The van der Waals surface area contributed by atoms with E-state index in [1.165, 1.54) is 64.2 Å². The summed E-state index contributed by atoms with van der Waals surface area (Å²) in [6.45, 7) is 8.54. The molecule has 0 aliphatic rings. The summed E-state index contributed by atoms with van der Waals surface area (Å²) >= 11 is 0. The number of hydrogen-bond acceptors (Lipinski definition) is 2. The van der Waals surface area contributed by atoms with Crippen molar-refractivity contribution < 1.29 is 9.53 Å². The Hall–Kier alpha value is -0.530. The van der Waals surface area contributed by atoms with E-state index in [1.54, 1.807) is 0 Å². The Labute approximate surface area is 139 Å². The molecule has 0 aromatic carbocycles. The molecule has 0 spiro atoms. The lowest BCUT2D eigenvalue weighted by Gasteiger charge is -2.19. The highest BCUT2D eigenvalue weighted by atomic mass is 16.5. The summed E-state index contributed by atoms with van der Waals surface area (Å²) in [5, 5.41) is 0. The second-order valence-electron chi connectivity index (χ2n) is 6.76. The normalized spacial score (nSPS) is 13.8. The molecule has 0 radical (unpaired) electrons. The Morgan fingerprint density at radius 1 is 0.773 bits per heavy atom. The van der Waals surface area contributed by atoms with Crippen LogP contribution in [0, 0.1) is 5.92 Å². The third kappa shape index (κ3) is 12.1. The van der Waals surface area contributed by atoms with Crippen LogP contribution >= 0.6 is 0 Å². The number of rotatable bonds is 15. The Balaban J connectivity index is 4.06. The van der Waals surface area contributed by atoms with Crippen molar-refractivity contribution in [3.8, 4) is 0 Å². The fourth-order valence-electron chi connectivity index (χ4n) is 2.75. The van der Waals surface area contributed by atoms with Crippen LogP contribution in [0.1, 0.15) is 111 Å². The maximum atomic E-state index is 12.3. The summed E-state index contributed by atoms with van der Waals surface area (Å²) < 4.78 is 5.58. The van der Waals surface area contributed by atoms with Gasteiger partial charge in [0.15, 0.2) is 0 Å². The molecule has 0 N–H and O–H groups in total. The molecule has 0 amide bonds. The average Bonchev–Trinajstić information content (AvgIpc) is 2.52. The van der Waals surface area contributed by atoms with Crippen molar-refractivity contribution in [1.82, 2.24) is 0 Å². The highest BCUT2D eigenvalue weighted by Gasteiger charge is 2.20. The smallest absolute Gasteiger partial charge is 0.309 e. The van der Waals surface area contributed by atoms with Gasteiger partial charge in [0.05, 0.1) is 12.0 Å². The van der Waals surface area contributed by atoms with Crippen LogP contribution in [0.2, 0.25) is 0 Å². The SMILES string of the molecule is CCCCCCCCC(CCCCCC)C(=O)OC(C)CC. The van der Waals surface area contributed by atoms with Gasteiger partial charge in [0.1, 0.15) is 0 Å². The van der Waals surface area contributed by atoms with Gasteiger partial charge in [0.25, 0.3) is 0 Å². The molecule has 2 unspecified atom stereocenters. The van der Waals surface area contributed by atoms with Gasteiger partial charge in [-0.05, 0) is 26.2 Å². The molecule has 22 heavy (non-hydrogen) atoms. The van der Waals surface area contributed by atoms with Crippen LogP contribution in [0.15, 0.2) is 0 Å². The molecule has 0 aliphatic heterocycles. The molecule has 0 aliphatic carbocycles. The van der Waals surface area contributed by atoms with Crippen molar-refractivity contribution in [2.45, 2.75) is 117 Å². The van der Waals surface area contributed by atoms with Crippen LogP contribution in [-0.2, 0) is 9.53 Å². The zero-order chi connectivity index (χ0) is 16.6. The lowest BCUT2D eigenvalue weighted by molar-refractivity contribution is -0.154. The Morgan fingerprint density at radius 2 is 1.23 bits per heavy atom. The van der Waals surface area contributed by atoms with Crippen molar-refractivity contribution >= 4 is 5.97 Å². The fraction of sp³-hybridized carbons (Fsp3) is 0.950. The second-order valence-corrected chi connectivity index (χ2v) is 6.76. The van der Waals surface area contributed by atoms with Gasteiger partial charge in [0.2, 0.25) is 0 Å². The minimum Gasteiger partial charge on any atom is -0.462 e. The number of carbonyl (C=O) groups excluding carboxylic acids is 1. The van der Waals surface area contributed by atoms with Crippen molar-refractivity contribution in [2.24, 2.45) is 5.92 Å². The minimum absolute atomic E-state index is 0.0550. The van der Waals surface area contributed by atoms with Gasteiger partial charge < -0.3 is 4.74 Å². The predicted octanol–water partition coefficient (Wildman–Crippen LogP) is 6.67. The van der Waals surface area contributed by atoms with E-state index in [9.17, 15) is 4.79 Å². The zero-order valence-electron chi connectivity index (χ0n) is 15.7. The fourth-order valence-corrected chi connectivity index (χ4v) is 2.75. The molecule has 2 nitrogen and oxygen atoms in total. The monoisotopic (exact) mass is 312 g/mol. The van der Waals surface area contributed by atoms with Crippen molar-refractivity contribution in [3.63, 3.8) is 0 Å². The molecule has 0 saturated heterocycles. The summed E-state index contributed by atoms with van der Waals surface area (Å²) in [7, 11) is 0. The first-order valence-corrected chi connectivity index (χ1v) is 9.86. The molecule has 0 bridgehead atoms. The highest BCUT2D eigenvalue weighted by Crippen LogP contribution is 2.21. The highest BCUT2D eigenvalue weighted by molar-refractivity contribution is 5.72. The molecule has 0 saturated carbocycles. The molecule has 0 rings (SSSR count). The zero-order valence-corrected chi connectivity index (χ0v) is 15.7. The van der Waals surface area contributed by atoms with E-state index >= 15 is 0 Å². The maximum Gasteiger partial charge on any atom is 0.309 e. The number of hydrogen-bond donors (Lipinski definition) is 0. The van der Waals surface area contributed by atoms with Crippen molar-refractivity contribution in [3.05, 3.63) is 0 Å². The first kappa shape index (κ1) is 21.5. The molecular weight excluding hydrogens is 272 g/mol. The molecule has 0 aromatic rings. The largest absolute Gasteiger partial charge is 0.462 e. The van der Waals surface area contributed by atoms with Crippen LogP contribution in [0.25, 0.3) is 0 Å². The van der Waals surface area contributed by atoms with E-state index < -0.39 is 0 Å². The Morgan fingerprint density at radius 3 is 1.73 bits per heavy atom. The van der Waals surface area contributed by atoms with Gasteiger partial charge in [-0.3, -0.25) is 4.79 Å². The third-order valence-corrected chi connectivity index (χ3v) is 4.54. The van der Waals surface area contributed by atoms with E-state index in [0.717, 1.165) is 19.3 Å². The van der Waals surface area contributed by atoms with Gasteiger partial charge in [0, 0.05) is 0 Å². The maximum absolute atomic E-state index is 12.3. The first-order valence-electron chi connectivity index (χ1n) is 9.86. The van der Waals surface area contributed by atoms with Gasteiger partial charge in [-0.15, -0.1) is 0 Å². The quantitative estimate of drug-likeness (QED) is 0.249. The molecule has 2 atom stereocenters. The topological polar surface area (TPSA) is 26.3 Å². The Bertz CT molecular complexity index is 250. The first-order chi connectivity index (χ1) is 10.7. The number of carbonyl (C=O) groups is 1. The van der Waals surface area contributed by atoms with Gasteiger partial charge >= 0.3 is 5.97 Å². The number of esters is 1. The summed E-state index contributed by atoms with van der Waals surface area (Å²) in [6.07, 6.45) is 15.7. The van der Waals surface area contributed by atoms with Crippen molar-refractivity contribution in [2.75, 3.05) is 0 Å². The van der Waals surface area contributed by atoms with E-state index in [2.05, 4.69) is 20.8 Å². The Kier molecular flexibility index (Phi) is 15.0. The third-order valence-electron chi connectivity index (χ3n) is 4.54. The van der Waals surface area contributed by atoms with Gasteiger partial charge in [-0.1, -0.05) is 85.0 Å². The van der Waals surface area contributed by atoms with Gasteiger partial charge in [-0.25, -0.2) is 0 Å². The lowest BCUT2D eigenvalue weighted by atomic mass is 9.94. The van der Waals surface area contributed by atoms with E-state index in [1.807, 2.05) is 6.92 Å². The van der Waals surface area contributed by atoms with Gasteiger partial charge in [-0.2, -0.15) is 0 Å². The number of ether oxygens (including phenoxy) is 1. The van der Waals surface area contributed by atoms with Crippen molar-refractivity contribution in [1.29, 1.82) is 0 Å². The average molecular weight is 313 g/mol. The van der Waals surface area contributed by atoms with Crippen LogP contribution in [0.4, 0.5) is 0 Å². The van der Waals surface area contributed by atoms with Crippen LogP contribution in [-0.4, -0.2) is 12.1 Å². The van der Waals surface area contributed by atoms with Crippen LogP contribution in [0.5, 0.6) is 0 Å². The number of unbranched alkanes of at least 4 members (excludes halogenated alkanes) is 8. The minimum atomic E-state index is 0.0550. The molecule has 0 aromatic heterocycles. The van der Waals surface area contributed by atoms with E-state index in [4.69, 9.17) is 4.74 Å². The summed E-state index contributed by atoms with van der Waals surface area (Å²) in [6, 6.07) is 0. The molecule has 0 heterocycles. The standard InChI is InChI=1S/C20H40O2/c1-5-8-10-12-13-15-17-19(16-14-11-9-6-2)20(21)22-18(4)7-3/h18-19H,5-17H2,1-4H3. The molecule has 132 valence electrons. The molecule has 0 fully saturated rings.